The molecule has 3 N–H and O–H groups in total. The van der Waals surface area contributed by atoms with Gasteiger partial charge in [0.1, 0.15) is 23.5 Å². The first-order valence-corrected chi connectivity index (χ1v) is 11.7. The molecule has 5 rings (SSSR count). The van der Waals surface area contributed by atoms with E-state index in [-0.39, 0.29) is 52.1 Å². The normalized spacial score (nSPS) is 20.9. The molecule has 0 radical (unpaired) electrons. The van der Waals surface area contributed by atoms with Crippen molar-refractivity contribution >= 4 is 40.2 Å². The number of nitrogens with zero attached hydrogens (tertiary/aromatic N) is 5. The Hall–Kier alpha value is -2.86. The molecule has 3 aromatic rings. The number of aromatic nitrogens is 4. The molecule has 2 aliphatic rings. The van der Waals surface area contributed by atoms with Gasteiger partial charge in [0, 0.05) is 25.8 Å². The summed E-state index contributed by atoms with van der Waals surface area (Å²) in [7, 11) is 1.59. The number of hydrogen-bond donors (Lipinski definition) is 3. The fraction of sp³-hybridized carbons (Fsp3) is 0.478. The van der Waals surface area contributed by atoms with E-state index in [0.717, 1.165) is 0 Å². The minimum Gasteiger partial charge on any atom is -0.391 e. The van der Waals surface area contributed by atoms with Crippen molar-refractivity contribution in [2.45, 2.75) is 51.0 Å². The van der Waals surface area contributed by atoms with Crippen LogP contribution < -0.4 is 10.2 Å². The Morgan fingerprint density at radius 1 is 1.29 bits per heavy atom. The van der Waals surface area contributed by atoms with Crippen LogP contribution in [0.15, 0.2) is 12.3 Å². The maximum absolute atomic E-state index is 15.4. The number of benzene rings is 1. The summed E-state index contributed by atoms with van der Waals surface area (Å²) in [5.41, 5.74) is -0.0840. The molecule has 0 saturated carbocycles. The Morgan fingerprint density at radius 2 is 2.03 bits per heavy atom. The first-order valence-electron chi connectivity index (χ1n) is 11.3. The maximum atomic E-state index is 15.4. The average molecular weight is 505 g/mol. The van der Waals surface area contributed by atoms with E-state index in [2.05, 4.69) is 20.3 Å². The van der Waals surface area contributed by atoms with E-state index < -0.39 is 17.5 Å². The lowest BCUT2D eigenvalue weighted by molar-refractivity contribution is -0.119. The quantitative estimate of drug-likeness (QED) is 0.494. The lowest BCUT2D eigenvalue weighted by atomic mass is 10.0. The number of nitrogens with one attached hydrogen (secondary N) is 1. The van der Waals surface area contributed by atoms with E-state index >= 15 is 4.39 Å². The van der Waals surface area contributed by atoms with Gasteiger partial charge in [0.15, 0.2) is 5.82 Å². The molecule has 0 bridgehead atoms. The van der Waals surface area contributed by atoms with Crippen molar-refractivity contribution in [3.8, 4) is 11.3 Å². The first-order chi connectivity index (χ1) is 16.6. The van der Waals surface area contributed by atoms with Crippen molar-refractivity contribution in [3.63, 3.8) is 0 Å². The third-order valence-electron chi connectivity index (χ3n) is 6.40. The summed E-state index contributed by atoms with van der Waals surface area (Å²) in [6.07, 6.45) is 1.79. The lowest BCUT2D eigenvalue weighted by Gasteiger charge is -2.29. The van der Waals surface area contributed by atoms with Gasteiger partial charge < -0.3 is 29.7 Å². The Balaban J connectivity index is 1.67. The highest BCUT2D eigenvalue weighted by Crippen LogP contribution is 2.43. The Morgan fingerprint density at radius 3 is 2.77 bits per heavy atom. The zero-order valence-electron chi connectivity index (χ0n) is 19.5. The molecule has 1 unspecified atom stereocenters. The van der Waals surface area contributed by atoms with Gasteiger partial charge in [-0.2, -0.15) is 0 Å². The molecule has 0 spiro atoms. The molecule has 12 heteroatoms. The molecule has 1 aromatic carbocycles. The second kappa shape index (κ2) is 8.66. The van der Waals surface area contributed by atoms with Crippen LogP contribution in [0.2, 0.25) is 5.02 Å². The van der Waals surface area contributed by atoms with Crippen LogP contribution in [0.1, 0.15) is 32.5 Å². The van der Waals surface area contributed by atoms with Gasteiger partial charge in [0.25, 0.3) is 0 Å². The summed E-state index contributed by atoms with van der Waals surface area (Å²) < 4.78 is 22.3. The van der Waals surface area contributed by atoms with E-state index in [1.54, 1.807) is 7.05 Å². The van der Waals surface area contributed by atoms with Gasteiger partial charge in [-0.25, -0.2) is 19.3 Å². The molecule has 186 valence electrons. The fourth-order valence-corrected chi connectivity index (χ4v) is 4.82. The standard InChI is InChI=1S/C23H26ClFN6O4/c1-23(2,34)21-28-18-13(25)8-11(19-20(18)31(21)10-16(33)30(19)3)17-12(24)9-26-22(29-17)27-14-4-6-35-7-5-15(14)32/h8-9,14-15,32,34H,4-7,10H2,1-3H3,(H,26,27,29)/t14?,15-/m1/s1. The molecular formula is C23H26ClFN6O4. The highest BCUT2D eigenvalue weighted by atomic mass is 35.5. The minimum absolute atomic E-state index is 0.0466. The Kier molecular flexibility index (Phi) is 5.91. The average Bonchev–Trinajstić information content (AvgIpc) is 3.07. The number of anilines is 2. The van der Waals surface area contributed by atoms with Crippen LogP contribution in [0.5, 0.6) is 0 Å². The van der Waals surface area contributed by atoms with Gasteiger partial charge in [-0.3, -0.25) is 4.79 Å². The van der Waals surface area contributed by atoms with Crippen molar-refractivity contribution in [3.05, 3.63) is 28.9 Å². The SMILES string of the molecule is CN1C(=O)Cn2c(C(C)(C)O)nc3c(F)cc(-c4nc(NC5CCOCC[C@H]5O)ncc4Cl)c1c32. The summed E-state index contributed by atoms with van der Waals surface area (Å²) in [5, 5.41) is 24.3. The topological polar surface area (TPSA) is 126 Å². The van der Waals surface area contributed by atoms with Gasteiger partial charge in [0.05, 0.1) is 40.3 Å². The molecule has 2 aliphatic heterocycles. The van der Waals surface area contributed by atoms with E-state index in [1.807, 2.05) is 0 Å². The molecule has 10 nitrogen and oxygen atoms in total. The minimum atomic E-state index is -1.40. The summed E-state index contributed by atoms with van der Waals surface area (Å²) in [4.78, 5) is 27.4. The fourth-order valence-electron chi connectivity index (χ4n) is 4.63. The van der Waals surface area contributed by atoms with Crippen molar-refractivity contribution in [2.24, 2.45) is 0 Å². The van der Waals surface area contributed by atoms with Crippen molar-refractivity contribution in [1.82, 2.24) is 19.5 Å². The molecule has 2 aromatic heterocycles. The zero-order chi connectivity index (χ0) is 25.1. The van der Waals surface area contributed by atoms with Gasteiger partial charge in [-0.1, -0.05) is 11.6 Å². The molecule has 0 aliphatic carbocycles. The first kappa shape index (κ1) is 23.9. The molecule has 1 amide bonds. The molecule has 1 fully saturated rings. The highest BCUT2D eigenvalue weighted by Gasteiger charge is 2.35. The maximum Gasteiger partial charge on any atom is 0.246 e. The second-order valence-electron chi connectivity index (χ2n) is 9.38. The van der Waals surface area contributed by atoms with Crippen LogP contribution in [0.4, 0.5) is 16.0 Å². The number of hydrogen-bond acceptors (Lipinski definition) is 8. The van der Waals surface area contributed by atoms with Gasteiger partial charge in [0.2, 0.25) is 11.9 Å². The molecule has 35 heavy (non-hydrogen) atoms. The summed E-state index contributed by atoms with van der Waals surface area (Å²) in [6.45, 7) is 3.93. The van der Waals surface area contributed by atoms with E-state index in [4.69, 9.17) is 16.3 Å². The summed E-state index contributed by atoms with van der Waals surface area (Å²) in [5.74, 6) is -0.503. The van der Waals surface area contributed by atoms with Crippen molar-refractivity contribution in [1.29, 1.82) is 0 Å². The number of imidazole rings is 1. The number of ether oxygens (including phenoxy) is 1. The van der Waals surface area contributed by atoms with Crippen molar-refractivity contribution < 1.29 is 24.1 Å². The third kappa shape index (κ3) is 4.12. The number of carbonyl (C=O) groups is 1. The lowest BCUT2D eigenvalue weighted by Crippen LogP contribution is -2.36. The van der Waals surface area contributed by atoms with Gasteiger partial charge in [-0.05, 0) is 32.8 Å². The number of rotatable bonds is 4. The number of amides is 1. The van der Waals surface area contributed by atoms with E-state index in [9.17, 15) is 15.0 Å². The molecule has 2 atom stereocenters. The van der Waals surface area contributed by atoms with Crippen molar-refractivity contribution in [2.75, 3.05) is 30.5 Å². The van der Waals surface area contributed by atoms with Crippen LogP contribution in [0.3, 0.4) is 0 Å². The van der Waals surface area contributed by atoms with Crippen LogP contribution >= 0.6 is 11.6 Å². The molecule has 1 saturated heterocycles. The van der Waals surface area contributed by atoms with E-state index in [1.165, 1.54) is 35.6 Å². The van der Waals surface area contributed by atoms with Crippen LogP contribution in [-0.2, 0) is 21.7 Å². The summed E-state index contributed by atoms with van der Waals surface area (Å²) >= 11 is 6.47. The number of aliphatic hydroxyl groups is 2. The number of carbonyl (C=O) groups excluding carboxylic acids is 1. The van der Waals surface area contributed by atoms with Crippen LogP contribution in [-0.4, -0.2) is 68.0 Å². The smallest absolute Gasteiger partial charge is 0.246 e. The second-order valence-corrected chi connectivity index (χ2v) is 9.79. The van der Waals surface area contributed by atoms with Gasteiger partial charge in [-0.15, -0.1) is 0 Å². The highest BCUT2D eigenvalue weighted by molar-refractivity contribution is 6.33. The van der Waals surface area contributed by atoms with Crippen LogP contribution in [0.25, 0.3) is 22.3 Å². The number of likely N-dealkylation sites (N-methyl/N-ethyl adjacent to an activating group) is 1. The Bertz CT molecular complexity index is 1320. The summed E-state index contributed by atoms with van der Waals surface area (Å²) in [6, 6.07) is 0.911. The molecule has 4 heterocycles. The van der Waals surface area contributed by atoms with E-state index in [0.29, 0.717) is 37.3 Å². The number of halogens is 2. The zero-order valence-corrected chi connectivity index (χ0v) is 20.3. The Labute approximate surface area is 205 Å². The molecular weight excluding hydrogens is 479 g/mol. The van der Waals surface area contributed by atoms with Crippen LogP contribution in [0, 0.1) is 5.82 Å². The third-order valence-corrected chi connectivity index (χ3v) is 6.68. The number of aliphatic hydroxyl groups excluding tert-OH is 1. The predicted octanol–water partition coefficient (Wildman–Crippen LogP) is 2.44. The monoisotopic (exact) mass is 504 g/mol. The largest absolute Gasteiger partial charge is 0.391 e. The predicted molar refractivity (Wildman–Crippen MR) is 128 cm³/mol. The van der Waals surface area contributed by atoms with Gasteiger partial charge >= 0.3 is 0 Å².